The first-order chi connectivity index (χ1) is 12.1. The van der Waals surface area contributed by atoms with Gasteiger partial charge in [-0.2, -0.15) is 0 Å². The summed E-state index contributed by atoms with van der Waals surface area (Å²) in [4.78, 5) is 29.5. The molecule has 0 bridgehead atoms. The summed E-state index contributed by atoms with van der Waals surface area (Å²) < 4.78 is 1.01. The highest BCUT2D eigenvalue weighted by Crippen LogP contribution is 2.29. The summed E-state index contributed by atoms with van der Waals surface area (Å²) in [5, 5.41) is 5.29. The molecule has 1 aromatic carbocycles. The average Bonchev–Trinajstić information content (AvgIpc) is 3.11. The zero-order valence-electron chi connectivity index (χ0n) is 13.0. The molecule has 2 heterocycles. The molecule has 0 spiro atoms. The predicted molar refractivity (Wildman–Crippen MR) is 103 cm³/mol. The number of thiophene rings is 1. The van der Waals surface area contributed by atoms with Crippen LogP contribution < -0.4 is 10.6 Å². The van der Waals surface area contributed by atoms with Crippen LogP contribution in [-0.2, 0) is 4.79 Å². The van der Waals surface area contributed by atoms with Gasteiger partial charge in [0, 0.05) is 15.5 Å². The standard InChI is InChI=1S/C18H14BrN3O2S/c19-13-5-3-12(4-6-13)15-7-8-16(25-15)18(24)21-11-17(23)22-14-2-1-9-20-10-14/h1-10H,11H2,(H,21,24)(H,22,23). The van der Waals surface area contributed by atoms with Crippen LogP contribution in [0.1, 0.15) is 9.67 Å². The van der Waals surface area contributed by atoms with Crippen LogP contribution in [0.15, 0.2) is 65.4 Å². The second kappa shape index (κ2) is 8.04. The SMILES string of the molecule is O=C(CNC(=O)c1ccc(-c2ccc(Br)cc2)s1)Nc1cccnc1. The number of hydrogen-bond donors (Lipinski definition) is 2. The minimum absolute atomic E-state index is 0.0980. The number of rotatable bonds is 5. The van der Waals surface area contributed by atoms with E-state index in [0.29, 0.717) is 10.6 Å². The molecule has 0 saturated heterocycles. The topological polar surface area (TPSA) is 71.1 Å². The van der Waals surface area contributed by atoms with Gasteiger partial charge in [0.2, 0.25) is 5.91 Å². The number of amides is 2. The maximum absolute atomic E-state index is 12.2. The van der Waals surface area contributed by atoms with Crippen molar-refractivity contribution in [2.75, 3.05) is 11.9 Å². The van der Waals surface area contributed by atoms with Crippen LogP contribution in [0.4, 0.5) is 5.69 Å². The van der Waals surface area contributed by atoms with Gasteiger partial charge in [0.15, 0.2) is 0 Å². The number of nitrogens with zero attached hydrogens (tertiary/aromatic N) is 1. The molecule has 0 fully saturated rings. The molecule has 3 aromatic rings. The van der Waals surface area contributed by atoms with Crippen molar-refractivity contribution in [3.05, 3.63) is 70.3 Å². The summed E-state index contributed by atoms with van der Waals surface area (Å²) >= 11 is 4.79. The van der Waals surface area contributed by atoms with Gasteiger partial charge in [-0.15, -0.1) is 11.3 Å². The number of hydrogen-bond acceptors (Lipinski definition) is 4. The van der Waals surface area contributed by atoms with E-state index in [2.05, 4.69) is 31.5 Å². The summed E-state index contributed by atoms with van der Waals surface area (Å²) in [7, 11) is 0. The summed E-state index contributed by atoms with van der Waals surface area (Å²) in [5.74, 6) is -0.569. The van der Waals surface area contributed by atoms with Gasteiger partial charge in [-0.3, -0.25) is 14.6 Å². The van der Waals surface area contributed by atoms with E-state index >= 15 is 0 Å². The first-order valence-electron chi connectivity index (χ1n) is 7.46. The summed E-state index contributed by atoms with van der Waals surface area (Å²) in [6.45, 7) is -0.0980. The molecule has 0 unspecified atom stereocenters. The van der Waals surface area contributed by atoms with Gasteiger partial charge in [-0.05, 0) is 42.0 Å². The molecule has 5 nitrogen and oxygen atoms in total. The zero-order valence-corrected chi connectivity index (χ0v) is 15.4. The fraction of sp³-hybridized carbons (Fsp3) is 0.0556. The van der Waals surface area contributed by atoms with Crippen molar-refractivity contribution in [2.24, 2.45) is 0 Å². The lowest BCUT2D eigenvalue weighted by atomic mass is 10.2. The van der Waals surface area contributed by atoms with Gasteiger partial charge in [-0.1, -0.05) is 28.1 Å². The second-order valence-electron chi connectivity index (χ2n) is 5.14. The molecule has 0 atom stereocenters. The Bertz CT molecular complexity index is 879. The van der Waals surface area contributed by atoms with Crippen LogP contribution in [0.3, 0.4) is 0 Å². The number of aromatic nitrogens is 1. The number of carbonyl (C=O) groups excluding carboxylic acids is 2. The Morgan fingerprint density at radius 3 is 2.60 bits per heavy atom. The van der Waals surface area contributed by atoms with E-state index in [9.17, 15) is 9.59 Å². The maximum Gasteiger partial charge on any atom is 0.261 e. The van der Waals surface area contributed by atoms with E-state index in [1.54, 1.807) is 30.6 Å². The molecule has 2 amide bonds. The summed E-state index contributed by atoms with van der Waals surface area (Å²) in [6, 6.07) is 15.0. The number of anilines is 1. The third kappa shape index (κ3) is 4.74. The molecule has 126 valence electrons. The monoisotopic (exact) mass is 415 g/mol. The highest BCUT2D eigenvalue weighted by molar-refractivity contribution is 9.10. The molecule has 2 aromatic heterocycles. The second-order valence-corrected chi connectivity index (χ2v) is 7.14. The molecule has 0 aliphatic carbocycles. The van der Waals surface area contributed by atoms with Crippen LogP contribution in [0.5, 0.6) is 0 Å². The molecule has 0 saturated carbocycles. The molecule has 7 heteroatoms. The van der Waals surface area contributed by atoms with E-state index < -0.39 is 0 Å². The first kappa shape index (κ1) is 17.3. The van der Waals surface area contributed by atoms with E-state index in [4.69, 9.17) is 0 Å². The molecule has 0 radical (unpaired) electrons. The van der Waals surface area contributed by atoms with Gasteiger partial charge in [0.05, 0.1) is 23.3 Å². The lowest BCUT2D eigenvalue weighted by Gasteiger charge is -2.05. The van der Waals surface area contributed by atoms with Gasteiger partial charge in [0.1, 0.15) is 0 Å². The Balaban J connectivity index is 1.57. The molecule has 2 N–H and O–H groups in total. The number of benzene rings is 1. The van der Waals surface area contributed by atoms with Crippen molar-refractivity contribution in [2.45, 2.75) is 0 Å². The third-order valence-corrected chi connectivity index (χ3v) is 4.98. The Morgan fingerprint density at radius 2 is 1.88 bits per heavy atom. The normalized spacial score (nSPS) is 10.3. The largest absolute Gasteiger partial charge is 0.342 e. The van der Waals surface area contributed by atoms with E-state index in [1.807, 2.05) is 30.3 Å². The first-order valence-corrected chi connectivity index (χ1v) is 9.06. The minimum atomic E-state index is -0.300. The fourth-order valence-corrected chi connectivity index (χ4v) is 3.31. The van der Waals surface area contributed by atoms with Crippen LogP contribution in [0, 0.1) is 0 Å². The Morgan fingerprint density at radius 1 is 1.08 bits per heavy atom. The predicted octanol–water partition coefficient (Wildman–Crippen LogP) is 3.94. The quantitative estimate of drug-likeness (QED) is 0.662. The van der Waals surface area contributed by atoms with Gasteiger partial charge in [0.25, 0.3) is 5.91 Å². The lowest BCUT2D eigenvalue weighted by Crippen LogP contribution is -2.32. The van der Waals surface area contributed by atoms with E-state index in [1.165, 1.54) is 11.3 Å². The van der Waals surface area contributed by atoms with Crippen LogP contribution >= 0.6 is 27.3 Å². The van der Waals surface area contributed by atoms with Crippen LogP contribution in [0.25, 0.3) is 10.4 Å². The van der Waals surface area contributed by atoms with Crippen molar-refractivity contribution in [3.63, 3.8) is 0 Å². The molecule has 25 heavy (non-hydrogen) atoms. The van der Waals surface area contributed by atoms with Crippen LogP contribution in [0.2, 0.25) is 0 Å². The minimum Gasteiger partial charge on any atom is -0.342 e. The summed E-state index contributed by atoms with van der Waals surface area (Å²) in [6.07, 6.45) is 3.17. The van der Waals surface area contributed by atoms with Crippen molar-refractivity contribution in [3.8, 4) is 10.4 Å². The molecule has 3 rings (SSSR count). The van der Waals surface area contributed by atoms with Gasteiger partial charge < -0.3 is 10.6 Å². The number of nitrogens with one attached hydrogen (secondary N) is 2. The third-order valence-electron chi connectivity index (χ3n) is 3.31. The number of pyridine rings is 1. The number of halogens is 1. The van der Waals surface area contributed by atoms with Crippen molar-refractivity contribution in [1.82, 2.24) is 10.3 Å². The Hall–Kier alpha value is -2.51. The molecule has 0 aliphatic rings. The van der Waals surface area contributed by atoms with Gasteiger partial charge in [-0.25, -0.2) is 0 Å². The highest BCUT2D eigenvalue weighted by Gasteiger charge is 2.12. The molecular weight excluding hydrogens is 402 g/mol. The Kier molecular flexibility index (Phi) is 5.57. The summed E-state index contributed by atoms with van der Waals surface area (Å²) in [5.41, 5.74) is 1.64. The molecular formula is C18H14BrN3O2S. The lowest BCUT2D eigenvalue weighted by molar-refractivity contribution is -0.115. The van der Waals surface area contributed by atoms with E-state index in [0.717, 1.165) is 14.9 Å². The fourth-order valence-electron chi connectivity index (χ4n) is 2.12. The van der Waals surface area contributed by atoms with Crippen molar-refractivity contribution in [1.29, 1.82) is 0 Å². The smallest absolute Gasteiger partial charge is 0.261 e. The van der Waals surface area contributed by atoms with E-state index in [-0.39, 0.29) is 18.4 Å². The molecule has 0 aliphatic heterocycles. The Labute approximate surface area is 157 Å². The van der Waals surface area contributed by atoms with Crippen molar-refractivity contribution < 1.29 is 9.59 Å². The maximum atomic E-state index is 12.2. The van der Waals surface area contributed by atoms with Crippen LogP contribution in [-0.4, -0.2) is 23.3 Å². The zero-order chi connectivity index (χ0) is 17.6. The van der Waals surface area contributed by atoms with Gasteiger partial charge >= 0.3 is 0 Å². The highest BCUT2D eigenvalue weighted by atomic mass is 79.9. The number of carbonyl (C=O) groups is 2. The average molecular weight is 416 g/mol. The van der Waals surface area contributed by atoms with Crippen molar-refractivity contribution >= 4 is 44.8 Å².